The van der Waals surface area contributed by atoms with Crippen LogP contribution in [0, 0.1) is 30.9 Å². The van der Waals surface area contributed by atoms with Crippen LogP contribution in [0.15, 0.2) is 23.1 Å². The number of benzene rings is 1. The van der Waals surface area contributed by atoms with E-state index in [4.69, 9.17) is 5.73 Å². The molecule has 0 aliphatic heterocycles. The van der Waals surface area contributed by atoms with Crippen LogP contribution in [0.3, 0.4) is 0 Å². The molecule has 8 nitrogen and oxygen atoms in total. The molecule has 0 fully saturated rings. The molecule has 2 N–H and O–H groups in total. The number of rotatable bonds is 5. The van der Waals surface area contributed by atoms with E-state index in [0.717, 1.165) is 28.0 Å². The van der Waals surface area contributed by atoms with Crippen LogP contribution in [-0.2, 0) is 6.54 Å². The highest BCUT2D eigenvalue weighted by Gasteiger charge is 2.20. The second kappa shape index (κ2) is 6.91. The van der Waals surface area contributed by atoms with Gasteiger partial charge in [0.2, 0.25) is 0 Å². The average molecular weight is 357 g/mol. The maximum Gasteiger partial charge on any atom is 0.286 e. The van der Waals surface area contributed by atoms with Crippen molar-refractivity contribution in [3.63, 3.8) is 0 Å². The number of hydrogen-bond donors (Lipinski definition) is 1. The van der Waals surface area contributed by atoms with Crippen LogP contribution in [0.4, 0.5) is 5.69 Å². The lowest BCUT2D eigenvalue weighted by molar-refractivity contribution is -0.385. The van der Waals surface area contributed by atoms with Gasteiger partial charge in [0.1, 0.15) is 5.56 Å². The molecule has 0 saturated heterocycles. The maximum absolute atomic E-state index is 12.5. The molecule has 1 amide bonds. The summed E-state index contributed by atoms with van der Waals surface area (Å²) in [5.74, 6) is -1.14. The molecule has 0 spiro atoms. The number of nitrogens with zero attached hydrogens (tertiary/aromatic N) is 2. The quantitative estimate of drug-likeness (QED) is 0.498. The second-order valence-corrected chi connectivity index (χ2v) is 6.21. The van der Waals surface area contributed by atoms with Crippen molar-refractivity contribution in [1.82, 2.24) is 4.57 Å². The van der Waals surface area contributed by atoms with Gasteiger partial charge in [-0.15, -0.1) is 0 Å². The fourth-order valence-corrected chi connectivity index (χ4v) is 3.20. The molecule has 0 saturated carbocycles. The lowest BCUT2D eigenvalue weighted by Gasteiger charge is -2.17. The minimum absolute atomic E-state index is 0.0149. The Bertz CT molecular complexity index is 1000. The van der Waals surface area contributed by atoms with Crippen LogP contribution < -0.4 is 11.3 Å². The third kappa shape index (κ3) is 3.39. The van der Waals surface area contributed by atoms with E-state index < -0.39 is 27.6 Å². The number of nitro groups is 1. The van der Waals surface area contributed by atoms with E-state index in [9.17, 15) is 24.5 Å². The predicted molar refractivity (Wildman–Crippen MR) is 95.6 cm³/mol. The zero-order valence-electron chi connectivity index (χ0n) is 15.0. The van der Waals surface area contributed by atoms with Gasteiger partial charge in [-0.25, -0.2) is 0 Å². The molecule has 8 heteroatoms. The van der Waals surface area contributed by atoms with Crippen molar-refractivity contribution in [2.75, 3.05) is 0 Å². The highest BCUT2D eigenvalue weighted by atomic mass is 16.6. The van der Waals surface area contributed by atoms with E-state index in [-0.39, 0.29) is 12.3 Å². The van der Waals surface area contributed by atoms with Gasteiger partial charge in [0.05, 0.1) is 17.7 Å². The number of nitrogens with two attached hydrogens (primary N) is 1. The molecule has 0 aliphatic carbocycles. The van der Waals surface area contributed by atoms with Crippen molar-refractivity contribution in [2.45, 2.75) is 34.2 Å². The van der Waals surface area contributed by atoms with Crippen molar-refractivity contribution in [1.29, 1.82) is 0 Å². The number of aryl methyl sites for hydroxylation is 2. The summed E-state index contributed by atoms with van der Waals surface area (Å²) >= 11 is 0. The van der Waals surface area contributed by atoms with Gasteiger partial charge in [-0.3, -0.25) is 24.5 Å². The fourth-order valence-electron chi connectivity index (χ4n) is 3.20. The summed E-state index contributed by atoms with van der Waals surface area (Å²) < 4.78 is 1.08. The van der Waals surface area contributed by atoms with Crippen LogP contribution in [0.2, 0.25) is 0 Å². The highest BCUT2D eigenvalue weighted by Crippen LogP contribution is 2.24. The van der Waals surface area contributed by atoms with Crippen molar-refractivity contribution in [3.8, 4) is 0 Å². The van der Waals surface area contributed by atoms with Gasteiger partial charge >= 0.3 is 0 Å². The van der Waals surface area contributed by atoms with E-state index >= 15 is 0 Å². The first-order valence-corrected chi connectivity index (χ1v) is 7.83. The third-order valence-corrected chi connectivity index (χ3v) is 4.36. The predicted octanol–water partition coefficient (Wildman–Crippen LogP) is 2.03. The number of aromatic nitrogens is 1. The number of amides is 1. The van der Waals surface area contributed by atoms with Crippen LogP contribution in [-0.4, -0.2) is 21.2 Å². The summed E-state index contributed by atoms with van der Waals surface area (Å²) in [5.41, 5.74) is 7.20. The summed E-state index contributed by atoms with van der Waals surface area (Å²) in [6, 6.07) is 2.70. The molecule has 2 aromatic rings. The molecule has 1 aromatic carbocycles. The van der Waals surface area contributed by atoms with E-state index in [1.165, 1.54) is 6.92 Å². The minimum atomic E-state index is -1.03. The highest BCUT2D eigenvalue weighted by molar-refractivity contribution is 5.97. The van der Waals surface area contributed by atoms with Crippen LogP contribution in [0.5, 0.6) is 0 Å². The smallest absolute Gasteiger partial charge is 0.286 e. The Morgan fingerprint density at radius 2 is 1.81 bits per heavy atom. The molecule has 136 valence electrons. The van der Waals surface area contributed by atoms with Gasteiger partial charge in [-0.05, 0) is 49.9 Å². The molecular weight excluding hydrogens is 338 g/mol. The number of pyridine rings is 1. The van der Waals surface area contributed by atoms with Crippen molar-refractivity contribution in [2.24, 2.45) is 5.73 Å². The number of carbonyl (C=O) groups is 2. The summed E-state index contributed by atoms with van der Waals surface area (Å²) in [6.07, 6.45) is 1.07. The first-order valence-electron chi connectivity index (χ1n) is 7.83. The Hall–Kier alpha value is -3.29. The zero-order chi connectivity index (χ0) is 19.8. The first kappa shape index (κ1) is 19.0. The maximum atomic E-state index is 12.5. The molecule has 26 heavy (non-hydrogen) atoms. The van der Waals surface area contributed by atoms with Crippen molar-refractivity contribution in [3.05, 3.63) is 72.2 Å². The van der Waals surface area contributed by atoms with Gasteiger partial charge in [0.15, 0.2) is 5.78 Å². The number of ketones is 1. The van der Waals surface area contributed by atoms with E-state index in [1.54, 1.807) is 6.92 Å². The van der Waals surface area contributed by atoms with Crippen LogP contribution in [0.25, 0.3) is 0 Å². The largest absolute Gasteiger partial charge is 0.365 e. The Balaban J connectivity index is 2.71. The Morgan fingerprint density at radius 3 is 2.31 bits per heavy atom. The molecular formula is C18H19N3O5. The van der Waals surface area contributed by atoms with E-state index in [2.05, 4.69) is 0 Å². The Labute approximate surface area is 149 Å². The molecule has 1 heterocycles. The van der Waals surface area contributed by atoms with Gasteiger partial charge < -0.3 is 10.3 Å². The van der Waals surface area contributed by atoms with Gasteiger partial charge in [0.25, 0.3) is 17.2 Å². The molecule has 0 unspecified atom stereocenters. The van der Waals surface area contributed by atoms with Gasteiger partial charge in [0, 0.05) is 11.6 Å². The summed E-state index contributed by atoms with van der Waals surface area (Å²) in [7, 11) is 0. The van der Waals surface area contributed by atoms with E-state index in [1.807, 2.05) is 19.9 Å². The number of Topliss-reactive ketones (excluding diaryl/α,β-unsaturated/α-hetero) is 1. The standard InChI is InChI=1S/C18H19N3O5/c1-9-5-10(2)16(12(4)22)11(3)15(9)8-20-7-13(21(25)26)6-14(17(19)23)18(20)24/h5-7H,8H2,1-4H3,(H2,19,23). The second-order valence-electron chi connectivity index (χ2n) is 6.21. The van der Waals surface area contributed by atoms with Gasteiger partial charge in [-0.2, -0.15) is 0 Å². The molecule has 2 rings (SSSR count). The molecule has 0 bridgehead atoms. The molecule has 1 aromatic heterocycles. The number of hydrogen-bond acceptors (Lipinski definition) is 5. The molecule has 0 radical (unpaired) electrons. The third-order valence-electron chi connectivity index (χ3n) is 4.36. The van der Waals surface area contributed by atoms with Crippen LogP contribution in [0.1, 0.15) is 49.9 Å². The summed E-state index contributed by atoms with van der Waals surface area (Å²) in [6.45, 7) is 6.86. The van der Waals surface area contributed by atoms with E-state index in [0.29, 0.717) is 16.7 Å². The number of primary amides is 1. The zero-order valence-corrected chi connectivity index (χ0v) is 15.0. The first-order chi connectivity index (χ1) is 12.0. The topological polar surface area (TPSA) is 125 Å². The van der Waals surface area contributed by atoms with Crippen LogP contribution >= 0.6 is 0 Å². The lowest BCUT2D eigenvalue weighted by Crippen LogP contribution is -2.30. The van der Waals surface area contributed by atoms with Crippen molar-refractivity contribution >= 4 is 17.4 Å². The summed E-state index contributed by atoms with van der Waals surface area (Å²) in [5, 5.41) is 11.1. The average Bonchev–Trinajstić information content (AvgIpc) is 2.51. The Morgan fingerprint density at radius 1 is 1.19 bits per heavy atom. The number of carbonyl (C=O) groups excluding carboxylic acids is 2. The lowest BCUT2D eigenvalue weighted by atomic mass is 9.91. The van der Waals surface area contributed by atoms with Crippen molar-refractivity contribution < 1.29 is 14.5 Å². The fraction of sp³-hybridized carbons (Fsp3) is 0.278. The van der Waals surface area contributed by atoms with Gasteiger partial charge in [-0.1, -0.05) is 6.07 Å². The monoisotopic (exact) mass is 357 g/mol. The normalized spacial score (nSPS) is 10.6. The molecule has 0 aliphatic rings. The minimum Gasteiger partial charge on any atom is -0.365 e. The SMILES string of the molecule is CC(=O)c1c(C)cc(C)c(Cn2cc([N+](=O)[O-])cc(C(N)=O)c2=O)c1C. The Kier molecular flexibility index (Phi) is 5.06. The molecule has 0 atom stereocenters. The summed E-state index contributed by atoms with van der Waals surface area (Å²) in [4.78, 5) is 46.3.